The summed E-state index contributed by atoms with van der Waals surface area (Å²) in [4.78, 5) is 11.0. The highest BCUT2D eigenvalue weighted by molar-refractivity contribution is 5.69. The molecule has 1 aromatic carbocycles. The van der Waals surface area contributed by atoms with Crippen molar-refractivity contribution >= 4 is 11.7 Å². The predicted octanol–water partition coefficient (Wildman–Crippen LogP) is 2.87. The minimum Gasteiger partial charge on any atom is -0.469 e. The average Bonchev–Trinajstić information content (AvgIpc) is 2.48. The molecule has 0 heterocycles. The van der Waals surface area contributed by atoms with E-state index in [1.807, 2.05) is 12.1 Å². The molecule has 2 N–H and O–H groups in total. The summed E-state index contributed by atoms with van der Waals surface area (Å²) in [5.74, 6) is 0.400. The standard InChI is InChI=1S/C16H23NO3/c1-19-16(18)10-11-20-15-8-4-13(5-9-15)12-2-6-14(17)7-3-12/h2-3,6-7,13,15H,4-5,8-11,17H2,1H3. The Morgan fingerprint density at radius 2 is 1.85 bits per heavy atom. The van der Waals surface area contributed by atoms with Gasteiger partial charge in [0.2, 0.25) is 0 Å². The lowest BCUT2D eigenvalue weighted by molar-refractivity contribution is -0.142. The van der Waals surface area contributed by atoms with Gasteiger partial charge in [-0.05, 0) is 49.3 Å². The molecule has 0 spiro atoms. The van der Waals surface area contributed by atoms with Gasteiger partial charge in [0.05, 0.1) is 26.2 Å². The number of carbonyl (C=O) groups excluding carboxylic acids is 1. The van der Waals surface area contributed by atoms with Crippen LogP contribution in [0.1, 0.15) is 43.6 Å². The van der Waals surface area contributed by atoms with E-state index in [-0.39, 0.29) is 12.1 Å². The third-order valence-electron chi connectivity index (χ3n) is 3.97. The summed E-state index contributed by atoms with van der Waals surface area (Å²) in [6.45, 7) is 0.462. The van der Waals surface area contributed by atoms with Crippen molar-refractivity contribution in [2.24, 2.45) is 0 Å². The fourth-order valence-corrected chi connectivity index (χ4v) is 2.74. The van der Waals surface area contributed by atoms with E-state index in [9.17, 15) is 4.79 Å². The molecule has 0 aliphatic heterocycles. The minimum atomic E-state index is -0.208. The smallest absolute Gasteiger partial charge is 0.307 e. The van der Waals surface area contributed by atoms with E-state index in [4.69, 9.17) is 10.5 Å². The number of methoxy groups -OCH3 is 1. The fourth-order valence-electron chi connectivity index (χ4n) is 2.74. The SMILES string of the molecule is COC(=O)CCOC1CCC(c2ccc(N)cc2)CC1. The Bertz CT molecular complexity index is 422. The predicted molar refractivity (Wildman–Crippen MR) is 78.4 cm³/mol. The lowest BCUT2D eigenvalue weighted by Gasteiger charge is -2.28. The van der Waals surface area contributed by atoms with E-state index in [0.717, 1.165) is 31.4 Å². The van der Waals surface area contributed by atoms with E-state index in [1.165, 1.54) is 12.7 Å². The van der Waals surface area contributed by atoms with Crippen LogP contribution in [-0.2, 0) is 14.3 Å². The molecular formula is C16H23NO3. The van der Waals surface area contributed by atoms with Crippen molar-refractivity contribution in [1.29, 1.82) is 0 Å². The quantitative estimate of drug-likeness (QED) is 0.664. The first-order valence-corrected chi connectivity index (χ1v) is 7.23. The van der Waals surface area contributed by atoms with E-state index in [1.54, 1.807) is 0 Å². The zero-order valence-corrected chi connectivity index (χ0v) is 12.0. The highest BCUT2D eigenvalue weighted by Crippen LogP contribution is 2.34. The molecule has 1 aromatic rings. The summed E-state index contributed by atoms with van der Waals surface area (Å²) in [6.07, 6.45) is 4.99. The summed E-state index contributed by atoms with van der Waals surface area (Å²) in [5.41, 5.74) is 7.89. The number of anilines is 1. The van der Waals surface area contributed by atoms with Gasteiger partial charge in [0, 0.05) is 5.69 Å². The summed E-state index contributed by atoms with van der Waals surface area (Å²) in [6, 6.07) is 8.18. The van der Waals surface area contributed by atoms with Crippen LogP contribution in [-0.4, -0.2) is 25.8 Å². The van der Waals surface area contributed by atoms with Crippen LogP contribution in [0.4, 0.5) is 5.69 Å². The monoisotopic (exact) mass is 277 g/mol. The number of hydrogen-bond acceptors (Lipinski definition) is 4. The van der Waals surface area contributed by atoms with Crippen molar-refractivity contribution in [1.82, 2.24) is 0 Å². The first kappa shape index (κ1) is 14.9. The lowest BCUT2D eigenvalue weighted by Crippen LogP contribution is -2.22. The van der Waals surface area contributed by atoms with E-state index >= 15 is 0 Å². The van der Waals surface area contributed by atoms with Crippen LogP contribution >= 0.6 is 0 Å². The van der Waals surface area contributed by atoms with E-state index in [2.05, 4.69) is 16.9 Å². The molecule has 1 saturated carbocycles. The van der Waals surface area contributed by atoms with Gasteiger partial charge in [-0.2, -0.15) is 0 Å². The lowest BCUT2D eigenvalue weighted by atomic mass is 9.83. The fraction of sp³-hybridized carbons (Fsp3) is 0.562. The molecule has 0 aromatic heterocycles. The molecule has 0 radical (unpaired) electrons. The normalized spacial score (nSPS) is 22.4. The summed E-state index contributed by atoms with van der Waals surface area (Å²) >= 11 is 0. The third kappa shape index (κ3) is 4.23. The van der Waals surface area contributed by atoms with Crippen molar-refractivity contribution in [3.8, 4) is 0 Å². The van der Waals surface area contributed by atoms with Crippen molar-refractivity contribution in [2.75, 3.05) is 19.5 Å². The summed E-state index contributed by atoms with van der Waals surface area (Å²) in [5, 5.41) is 0. The maximum absolute atomic E-state index is 11.0. The number of esters is 1. The van der Waals surface area contributed by atoms with Crippen molar-refractivity contribution in [3.05, 3.63) is 29.8 Å². The van der Waals surface area contributed by atoms with Gasteiger partial charge in [-0.25, -0.2) is 0 Å². The molecule has 1 aliphatic carbocycles. The van der Waals surface area contributed by atoms with Crippen molar-refractivity contribution < 1.29 is 14.3 Å². The Labute approximate surface area is 120 Å². The van der Waals surface area contributed by atoms with Gasteiger partial charge in [-0.3, -0.25) is 4.79 Å². The van der Waals surface area contributed by atoms with Crippen LogP contribution in [0.5, 0.6) is 0 Å². The molecular weight excluding hydrogens is 254 g/mol. The van der Waals surface area contributed by atoms with E-state index < -0.39 is 0 Å². The van der Waals surface area contributed by atoms with Gasteiger partial charge in [-0.15, -0.1) is 0 Å². The molecule has 0 unspecified atom stereocenters. The molecule has 1 fully saturated rings. The van der Waals surface area contributed by atoms with Gasteiger partial charge in [-0.1, -0.05) is 12.1 Å². The van der Waals surface area contributed by atoms with Gasteiger partial charge in [0.15, 0.2) is 0 Å². The van der Waals surface area contributed by atoms with Crippen LogP contribution in [0, 0.1) is 0 Å². The third-order valence-corrected chi connectivity index (χ3v) is 3.97. The van der Waals surface area contributed by atoms with Crippen LogP contribution < -0.4 is 5.73 Å². The van der Waals surface area contributed by atoms with Gasteiger partial charge in [0.25, 0.3) is 0 Å². The van der Waals surface area contributed by atoms with E-state index in [0.29, 0.717) is 18.9 Å². The van der Waals surface area contributed by atoms with Gasteiger partial charge in [0.1, 0.15) is 0 Å². The molecule has 4 heteroatoms. The highest BCUT2D eigenvalue weighted by atomic mass is 16.5. The summed E-state index contributed by atoms with van der Waals surface area (Å²) in [7, 11) is 1.40. The molecule has 0 atom stereocenters. The second-order valence-electron chi connectivity index (χ2n) is 5.34. The first-order chi connectivity index (χ1) is 9.69. The van der Waals surface area contributed by atoms with Gasteiger partial charge < -0.3 is 15.2 Å². The number of ether oxygens (including phenoxy) is 2. The van der Waals surface area contributed by atoms with Crippen molar-refractivity contribution in [3.63, 3.8) is 0 Å². The highest BCUT2D eigenvalue weighted by Gasteiger charge is 2.22. The first-order valence-electron chi connectivity index (χ1n) is 7.23. The maximum atomic E-state index is 11.0. The number of hydrogen-bond donors (Lipinski definition) is 1. The topological polar surface area (TPSA) is 61.5 Å². The Balaban J connectivity index is 1.72. The average molecular weight is 277 g/mol. The molecule has 20 heavy (non-hydrogen) atoms. The van der Waals surface area contributed by atoms with Crippen LogP contribution in [0.25, 0.3) is 0 Å². The number of benzene rings is 1. The molecule has 0 amide bonds. The zero-order valence-electron chi connectivity index (χ0n) is 12.0. The molecule has 110 valence electrons. The number of nitrogens with two attached hydrogens (primary N) is 1. The maximum Gasteiger partial charge on any atom is 0.307 e. The Hall–Kier alpha value is -1.55. The largest absolute Gasteiger partial charge is 0.469 e. The molecule has 4 nitrogen and oxygen atoms in total. The Morgan fingerprint density at radius 3 is 2.45 bits per heavy atom. The zero-order chi connectivity index (χ0) is 14.4. The minimum absolute atomic E-state index is 0.208. The van der Waals surface area contributed by atoms with Gasteiger partial charge >= 0.3 is 5.97 Å². The van der Waals surface area contributed by atoms with Crippen molar-refractivity contribution in [2.45, 2.75) is 44.1 Å². The molecule has 0 saturated heterocycles. The number of carbonyl (C=O) groups is 1. The Kier molecular flexibility index (Phi) is 5.41. The van der Waals surface area contributed by atoms with Crippen LogP contribution in [0.2, 0.25) is 0 Å². The molecule has 1 aliphatic rings. The molecule has 2 rings (SSSR count). The second-order valence-corrected chi connectivity index (χ2v) is 5.34. The number of nitrogen functional groups attached to an aromatic ring is 1. The number of rotatable bonds is 5. The second kappa shape index (κ2) is 7.29. The molecule has 0 bridgehead atoms. The Morgan fingerprint density at radius 1 is 1.20 bits per heavy atom. The van der Waals surface area contributed by atoms with Crippen LogP contribution in [0.3, 0.4) is 0 Å². The van der Waals surface area contributed by atoms with Crippen LogP contribution in [0.15, 0.2) is 24.3 Å². The summed E-state index contributed by atoms with van der Waals surface area (Å²) < 4.78 is 10.3.